The van der Waals surface area contributed by atoms with Gasteiger partial charge in [-0.25, -0.2) is 4.79 Å². The molecule has 3 N–H and O–H groups in total. The van der Waals surface area contributed by atoms with Gasteiger partial charge in [-0.15, -0.1) is 0 Å². The highest BCUT2D eigenvalue weighted by Crippen LogP contribution is 2.21. The van der Waals surface area contributed by atoms with E-state index in [2.05, 4.69) is 15.7 Å². The summed E-state index contributed by atoms with van der Waals surface area (Å²) < 4.78 is 7.33. The number of nitrogens with one attached hydrogen (secondary N) is 2. The van der Waals surface area contributed by atoms with Crippen molar-refractivity contribution in [3.8, 4) is 5.75 Å². The number of benzene rings is 1. The molecule has 0 aliphatic carbocycles. The van der Waals surface area contributed by atoms with Crippen molar-refractivity contribution < 1.29 is 14.6 Å². The molecule has 8 heteroatoms. The predicted molar refractivity (Wildman–Crippen MR) is 101 cm³/mol. The van der Waals surface area contributed by atoms with Crippen molar-refractivity contribution in [3.05, 3.63) is 46.2 Å². The third-order valence-corrected chi connectivity index (χ3v) is 4.31. The van der Waals surface area contributed by atoms with Gasteiger partial charge in [-0.2, -0.15) is 5.10 Å². The zero-order valence-electron chi connectivity index (χ0n) is 15.3. The predicted octanol–water partition coefficient (Wildman–Crippen LogP) is 2.41. The number of rotatable bonds is 8. The van der Waals surface area contributed by atoms with Crippen LogP contribution < -0.4 is 15.4 Å². The maximum atomic E-state index is 11.8. The standard InChI is InChI=1S/C18H25ClN4O3/c1-4-23-10-14(13(3)22-23)8-20-18(25)21-9-15(24)11-26-16-5-6-17(19)12(2)7-16/h5-7,10,15,24H,4,8-9,11H2,1-3H3,(H2,20,21,25). The molecule has 0 radical (unpaired) electrons. The second-order valence-corrected chi connectivity index (χ2v) is 6.44. The molecule has 0 aliphatic heterocycles. The third kappa shape index (κ3) is 5.93. The van der Waals surface area contributed by atoms with Crippen LogP contribution in [0.3, 0.4) is 0 Å². The van der Waals surface area contributed by atoms with E-state index in [4.69, 9.17) is 16.3 Å². The summed E-state index contributed by atoms with van der Waals surface area (Å²) in [5, 5.41) is 20.3. The summed E-state index contributed by atoms with van der Waals surface area (Å²) in [5.74, 6) is 0.624. The van der Waals surface area contributed by atoms with Crippen LogP contribution in [0.15, 0.2) is 24.4 Å². The van der Waals surface area contributed by atoms with Gasteiger partial charge < -0.3 is 20.5 Å². The van der Waals surface area contributed by atoms with Crippen LogP contribution >= 0.6 is 11.6 Å². The fraction of sp³-hybridized carbons (Fsp3) is 0.444. The van der Waals surface area contributed by atoms with Crippen molar-refractivity contribution in [2.24, 2.45) is 0 Å². The van der Waals surface area contributed by atoms with E-state index in [1.165, 1.54) is 0 Å². The maximum Gasteiger partial charge on any atom is 0.315 e. The van der Waals surface area contributed by atoms with Crippen LogP contribution in [-0.2, 0) is 13.1 Å². The fourth-order valence-corrected chi connectivity index (χ4v) is 2.42. The van der Waals surface area contributed by atoms with Crippen LogP contribution in [0.1, 0.15) is 23.7 Å². The molecule has 0 spiro atoms. The van der Waals surface area contributed by atoms with Gasteiger partial charge in [-0.1, -0.05) is 11.6 Å². The molecule has 0 fully saturated rings. The SMILES string of the molecule is CCn1cc(CNC(=O)NCC(O)COc2ccc(Cl)c(C)c2)c(C)n1. The summed E-state index contributed by atoms with van der Waals surface area (Å²) in [5.41, 5.74) is 2.75. The molecular weight excluding hydrogens is 356 g/mol. The zero-order chi connectivity index (χ0) is 19.1. The van der Waals surface area contributed by atoms with Crippen molar-refractivity contribution >= 4 is 17.6 Å². The average Bonchev–Trinajstić information content (AvgIpc) is 2.99. The lowest BCUT2D eigenvalue weighted by Crippen LogP contribution is -2.41. The van der Waals surface area contributed by atoms with E-state index in [0.29, 0.717) is 17.3 Å². The van der Waals surface area contributed by atoms with Crippen molar-refractivity contribution in [2.75, 3.05) is 13.2 Å². The summed E-state index contributed by atoms with van der Waals surface area (Å²) in [6, 6.07) is 4.93. The monoisotopic (exact) mass is 380 g/mol. The van der Waals surface area contributed by atoms with Crippen molar-refractivity contribution in [3.63, 3.8) is 0 Å². The number of amides is 2. The second-order valence-electron chi connectivity index (χ2n) is 6.03. The van der Waals surface area contributed by atoms with Gasteiger partial charge in [0.1, 0.15) is 18.5 Å². The maximum absolute atomic E-state index is 11.8. The molecule has 142 valence electrons. The first-order valence-corrected chi connectivity index (χ1v) is 8.88. The molecule has 1 heterocycles. The molecule has 2 rings (SSSR count). The highest BCUT2D eigenvalue weighted by molar-refractivity contribution is 6.31. The Morgan fingerprint density at radius 1 is 1.38 bits per heavy atom. The molecular formula is C18H25ClN4O3. The minimum atomic E-state index is -0.818. The number of ether oxygens (including phenoxy) is 1. The molecule has 1 aromatic heterocycles. The number of halogens is 1. The largest absolute Gasteiger partial charge is 0.491 e. The van der Waals surface area contributed by atoms with Crippen LogP contribution in [-0.4, -0.2) is 40.2 Å². The Hall–Kier alpha value is -2.25. The molecule has 1 unspecified atom stereocenters. The van der Waals surface area contributed by atoms with Gasteiger partial charge in [0, 0.05) is 36.4 Å². The quantitative estimate of drug-likeness (QED) is 0.656. The highest BCUT2D eigenvalue weighted by atomic mass is 35.5. The van der Waals surface area contributed by atoms with Crippen LogP contribution in [0.5, 0.6) is 5.75 Å². The first kappa shape index (κ1) is 20.1. The van der Waals surface area contributed by atoms with Gasteiger partial charge in [0.2, 0.25) is 0 Å². The van der Waals surface area contributed by atoms with Crippen LogP contribution in [0.25, 0.3) is 0 Å². The fourth-order valence-electron chi connectivity index (χ4n) is 2.30. The summed E-state index contributed by atoms with van der Waals surface area (Å²) >= 11 is 5.96. The summed E-state index contributed by atoms with van der Waals surface area (Å²) in [7, 11) is 0. The molecule has 1 aromatic carbocycles. The Morgan fingerprint density at radius 2 is 2.15 bits per heavy atom. The molecule has 0 saturated carbocycles. The number of aliphatic hydroxyl groups is 1. The number of nitrogens with zero attached hydrogens (tertiary/aromatic N) is 2. The van der Waals surface area contributed by atoms with E-state index >= 15 is 0 Å². The molecule has 0 bridgehead atoms. The molecule has 7 nitrogen and oxygen atoms in total. The third-order valence-electron chi connectivity index (χ3n) is 3.88. The van der Waals surface area contributed by atoms with E-state index < -0.39 is 6.10 Å². The van der Waals surface area contributed by atoms with Crippen LogP contribution in [0.2, 0.25) is 5.02 Å². The number of carbonyl (C=O) groups excluding carboxylic acids is 1. The second kappa shape index (κ2) is 9.45. The molecule has 0 aliphatic rings. The van der Waals surface area contributed by atoms with Crippen LogP contribution in [0, 0.1) is 13.8 Å². The molecule has 2 amide bonds. The Kier molecular flexibility index (Phi) is 7.29. The number of aromatic nitrogens is 2. The average molecular weight is 381 g/mol. The van der Waals surface area contributed by atoms with Gasteiger partial charge in [0.05, 0.1) is 5.69 Å². The highest BCUT2D eigenvalue weighted by Gasteiger charge is 2.10. The summed E-state index contributed by atoms with van der Waals surface area (Å²) in [4.78, 5) is 11.8. The number of urea groups is 1. The summed E-state index contributed by atoms with van der Waals surface area (Å²) in [6.45, 7) is 7.12. The number of hydrogen-bond donors (Lipinski definition) is 3. The Morgan fingerprint density at radius 3 is 2.81 bits per heavy atom. The smallest absolute Gasteiger partial charge is 0.315 e. The Balaban J connectivity index is 1.69. The lowest BCUT2D eigenvalue weighted by molar-refractivity contribution is 0.108. The molecule has 0 saturated heterocycles. The van der Waals surface area contributed by atoms with Crippen molar-refractivity contribution in [1.29, 1.82) is 0 Å². The van der Waals surface area contributed by atoms with Gasteiger partial charge in [-0.3, -0.25) is 4.68 Å². The van der Waals surface area contributed by atoms with Gasteiger partial charge in [0.25, 0.3) is 0 Å². The van der Waals surface area contributed by atoms with E-state index in [1.807, 2.05) is 31.6 Å². The lowest BCUT2D eigenvalue weighted by Gasteiger charge is -2.14. The lowest BCUT2D eigenvalue weighted by atomic mass is 10.2. The normalized spacial score (nSPS) is 11.9. The minimum absolute atomic E-state index is 0.0731. The minimum Gasteiger partial charge on any atom is -0.491 e. The first-order chi connectivity index (χ1) is 12.4. The number of aliphatic hydroxyl groups excluding tert-OH is 1. The first-order valence-electron chi connectivity index (χ1n) is 8.50. The number of hydrogen-bond acceptors (Lipinski definition) is 4. The van der Waals surface area contributed by atoms with E-state index in [0.717, 1.165) is 23.4 Å². The Bertz CT molecular complexity index is 748. The molecule has 2 aromatic rings. The molecule has 26 heavy (non-hydrogen) atoms. The number of aryl methyl sites for hydroxylation is 3. The zero-order valence-corrected chi connectivity index (χ0v) is 16.0. The van der Waals surface area contributed by atoms with Gasteiger partial charge in [0.15, 0.2) is 0 Å². The van der Waals surface area contributed by atoms with Crippen LogP contribution in [0.4, 0.5) is 4.79 Å². The Labute approximate surface area is 158 Å². The van der Waals surface area contributed by atoms with Crippen molar-refractivity contribution in [1.82, 2.24) is 20.4 Å². The van der Waals surface area contributed by atoms with E-state index in [1.54, 1.807) is 18.2 Å². The number of carbonyl (C=O) groups is 1. The van der Waals surface area contributed by atoms with E-state index in [-0.39, 0.29) is 19.2 Å². The molecule has 1 atom stereocenters. The van der Waals surface area contributed by atoms with E-state index in [9.17, 15) is 9.90 Å². The topological polar surface area (TPSA) is 88.4 Å². The van der Waals surface area contributed by atoms with Gasteiger partial charge in [-0.05, 0) is 44.5 Å². The van der Waals surface area contributed by atoms with Crippen molar-refractivity contribution in [2.45, 2.75) is 40.0 Å². The summed E-state index contributed by atoms with van der Waals surface area (Å²) in [6.07, 6.45) is 1.09. The van der Waals surface area contributed by atoms with Gasteiger partial charge >= 0.3 is 6.03 Å².